The van der Waals surface area contributed by atoms with E-state index in [2.05, 4.69) is 12.2 Å². The number of halogens is 1. The van der Waals surface area contributed by atoms with Gasteiger partial charge in [-0.1, -0.05) is 43.5 Å². The molecule has 1 N–H and O–H groups in total. The van der Waals surface area contributed by atoms with Gasteiger partial charge >= 0.3 is 5.97 Å². The van der Waals surface area contributed by atoms with Gasteiger partial charge in [-0.15, -0.1) is 0 Å². The van der Waals surface area contributed by atoms with Crippen molar-refractivity contribution in [1.29, 1.82) is 0 Å². The van der Waals surface area contributed by atoms with Gasteiger partial charge in [0.05, 0.1) is 6.42 Å². The molecule has 0 spiro atoms. The fourth-order valence-corrected chi connectivity index (χ4v) is 3.02. The Bertz CT molecular complexity index is 544. The molecule has 1 aliphatic rings. The number of amides is 1. The van der Waals surface area contributed by atoms with Crippen molar-refractivity contribution in [1.82, 2.24) is 5.32 Å². The largest absolute Gasteiger partial charge is 0.452 e. The molecule has 1 saturated carbocycles. The fraction of sp³-hybridized carbons (Fsp3) is 0.556. The maximum absolute atomic E-state index is 12.2. The maximum Gasteiger partial charge on any atom is 0.311 e. The Labute approximate surface area is 142 Å². The van der Waals surface area contributed by atoms with Gasteiger partial charge in [0.25, 0.3) is 5.91 Å². The second-order valence-corrected chi connectivity index (χ2v) is 6.75. The van der Waals surface area contributed by atoms with Crippen molar-refractivity contribution in [2.45, 2.75) is 58.1 Å². The summed E-state index contributed by atoms with van der Waals surface area (Å²) in [6.45, 7) is 3.77. The number of hydrogen-bond acceptors (Lipinski definition) is 3. The van der Waals surface area contributed by atoms with Crippen LogP contribution in [0.25, 0.3) is 0 Å². The van der Waals surface area contributed by atoms with E-state index in [4.69, 9.17) is 16.3 Å². The summed E-state index contributed by atoms with van der Waals surface area (Å²) in [6, 6.07) is 7.19. The number of nitrogens with one attached hydrogen (secondary N) is 1. The Balaban J connectivity index is 1.80. The predicted molar refractivity (Wildman–Crippen MR) is 90.3 cm³/mol. The third kappa shape index (κ3) is 5.54. The van der Waals surface area contributed by atoms with Gasteiger partial charge in [0.15, 0.2) is 6.10 Å². The molecule has 1 fully saturated rings. The molecule has 0 saturated heterocycles. The second-order valence-electron chi connectivity index (χ2n) is 6.31. The lowest BCUT2D eigenvalue weighted by Gasteiger charge is -2.30. The van der Waals surface area contributed by atoms with Crippen LogP contribution < -0.4 is 5.32 Å². The van der Waals surface area contributed by atoms with Gasteiger partial charge in [-0.2, -0.15) is 0 Å². The van der Waals surface area contributed by atoms with E-state index in [0.29, 0.717) is 10.9 Å². The van der Waals surface area contributed by atoms with E-state index in [0.717, 1.165) is 24.8 Å². The van der Waals surface area contributed by atoms with Gasteiger partial charge in [0.2, 0.25) is 0 Å². The van der Waals surface area contributed by atoms with Crippen LogP contribution >= 0.6 is 11.6 Å². The smallest absolute Gasteiger partial charge is 0.311 e. The van der Waals surface area contributed by atoms with Crippen LogP contribution in [0.2, 0.25) is 5.02 Å². The molecule has 1 aromatic carbocycles. The summed E-state index contributed by atoms with van der Waals surface area (Å²) in [5.74, 6) is -0.149. The second kappa shape index (κ2) is 8.34. The first-order chi connectivity index (χ1) is 11.0. The van der Waals surface area contributed by atoms with Crippen molar-refractivity contribution >= 4 is 23.5 Å². The number of esters is 1. The summed E-state index contributed by atoms with van der Waals surface area (Å²) in [6.07, 6.45) is 3.85. The lowest BCUT2D eigenvalue weighted by atomic mass is 9.86. The molecular formula is C18H24ClNO3. The molecule has 0 bridgehead atoms. The van der Waals surface area contributed by atoms with Gasteiger partial charge in [-0.25, -0.2) is 0 Å². The minimum Gasteiger partial charge on any atom is -0.452 e. The molecule has 2 rings (SSSR count). The third-order valence-corrected chi connectivity index (χ3v) is 4.63. The number of ether oxygens (including phenoxy) is 1. The number of rotatable bonds is 5. The fourth-order valence-electron chi connectivity index (χ4n) is 2.89. The molecule has 1 aliphatic carbocycles. The first kappa shape index (κ1) is 17.8. The molecule has 23 heavy (non-hydrogen) atoms. The van der Waals surface area contributed by atoms with Crippen LogP contribution in [0, 0.1) is 5.92 Å². The first-order valence-corrected chi connectivity index (χ1v) is 8.58. The van der Waals surface area contributed by atoms with Gasteiger partial charge in [-0.3, -0.25) is 9.59 Å². The Morgan fingerprint density at radius 2 is 1.91 bits per heavy atom. The topological polar surface area (TPSA) is 55.4 Å². The van der Waals surface area contributed by atoms with Gasteiger partial charge < -0.3 is 10.1 Å². The van der Waals surface area contributed by atoms with Gasteiger partial charge in [0, 0.05) is 11.1 Å². The Morgan fingerprint density at radius 1 is 1.26 bits per heavy atom. The average Bonchev–Trinajstić information content (AvgIpc) is 2.51. The summed E-state index contributed by atoms with van der Waals surface area (Å²) < 4.78 is 5.24. The highest BCUT2D eigenvalue weighted by molar-refractivity contribution is 6.30. The predicted octanol–water partition coefficient (Wildman–Crippen LogP) is 3.51. The number of carbonyl (C=O) groups excluding carboxylic acids is 2. The van der Waals surface area contributed by atoms with E-state index in [1.807, 2.05) is 0 Å². The quantitative estimate of drug-likeness (QED) is 0.836. The van der Waals surface area contributed by atoms with Crippen molar-refractivity contribution in [2.75, 3.05) is 0 Å². The van der Waals surface area contributed by atoms with Crippen LogP contribution in [0.3, 0.4) is 0 Å². The van der Waals surface area contributed by atoms with E-state index >= 15 is 0 Å². The molecule has 0 unspecified atom stereocenters. The molecule has 0 radical (unpaired) electrons. The van der Waals surface area contributed by atoms with Crippen molar-refractivity contribution in [3.8, 4) is 0 Å². The minimum absolute atomic E-state index is 0.134. The molecule has 126 valence electrons. The van der Waals surface area contributed by atoms with Crippen molar-refractivity contribution in [2.24, 2.45) is 5.92 Å². The molecule has 0 heterocycles. The molecule has 0 aliphatic heterocycles. The molecule has 0 aromatic heterocycles. The minimum atomic E-state index is -0.774. The van der Waals surface area contributed by atoms with Crippen molar-refractivity contribution in [3.05, 3.63) is 34.9 Å². The number of carbonyl (C=O) groups is 2. The van der Waals surface area contributed by atoms with Crippen LogP contribution in [0.5, 0.6) is 0 Å². The van der Waals surface area contributed by atoms with E-state index in [1.54, 1.807) is 31.2 Å². The molecule has 1 aromatic rings. The zero-order chi connectivity index (χ0) is 16.8. The zero-order valence-corrected chi connectivity index (χ0v) is 14.4. The zero-order valence-electron chi connectivity index (χ0n) is 13.7. The van der Waals surface area contributed by atoms with Crippen LogP contribution in [0.4, 0.5) is 0 Å². The van der Waals surface area contributed by atoms with Crippen LogP contribution in [-0.4, -0.2) is 24.0 Å². The highest BCUT2D eigenvalue weighted by Gasteiger charge is 2.26. The summed E-state index contributed by atoms with van der Waals surface area (Å²) in [5.41, 5.74) is 0.813. The normalized spacial score (nSPS) is 22.2. The van der Waals surface area contributed by atoms with Crippen LogP contribution in [0.1, 0.15) is 45.1 Å². The Kier molecular flexibility index (Phi) is 6.46. The standard InChI is InChI=1S/C18H24ClNO3/c1-12-5-3-4-6-16(12)20-18(22)13(2)23-17(21)11-14-7-9-15(19)10-8-14/h7-10,12-13,16H,3-6,11H2,1-2H3,(H,20,22)/t12-,13-,16-/m1/s1. The monoisotopic (exact) mass is 337 g/mol. The number of hydrogen-bond donors (Lipinski definition) is 1. The van der Waals surface area contributed by atoms with E-state index < -0.39 is 12.1 Å². The Hall–Kier alpha value is -1.55. The van der Waals surface area contributed by atoms with E-state index in [1.165, 1.54) is 6.42 Å². The molecule has 3 atom stereocenters. The highest BCUT2D eigenvalue weighted by Crippen LogP contribution is 2.23. The van der Waals surface area contributed by atoms with Crippen LogP contribution in [-0.2, 0) is 20.7 Å². The third-order valence-electron chi connectivity index (χ3n) is 4.38. The lowest BCUT2D eigenvalue weighted by molar-refractivity contribution is -0.154. The van der Waals surface area contributed by atoms with Crippen LogP contribution in [0.15, 0.2) is 24.3 Å². The SMILES string of the molecule is C[C@@H]1CCCC[C@H]1NC(=O)[C@@H](C)OC(=O)Cc1ccc(Cl)cc1. The summed E-state index contributed by atoms with van der Waals surface area (Å²) in [7, 11) is 0. The maximum atomic E-state index is 12.2. The van der Waals surface area contributed by atoms with E-state index in [9.17, 15) is 9.59 Å². The summed E-state index contributed by atoms with van der Waals surface area (Å²) in [5, 5.41) is 3.63. The average molecular weight is 338 g/mol. The number of benzene rings is 1. The van der Waals surface area contributed by atoms with Gasteiger partial charge in [-0.05, 0) is 43.4 Å². The summed E-state index contributed by atoms with van der Waals surface area (Å²) >= 11 is 5.81. The van der Waals surface area contributed by atoms with Gasteiger partial charge in [0.1, 0.15) is 0 Å². The highest BCUT2D eigenvalue weighted by atomic mass is 35.5. The van der Waals surface area contributed by atoms with Crippen molar-refractivity contribution in [3.63, 3.8) is 0 Å². The summed E-state index contributed by atoms with van der Waals surface area (Å²) in [4.78, 5) is 24.1. The molecular weight excluding hydrogens is 314 g/mol. The molecule has 4 nitrogen and oxygen atoms in total. The van der Waals surface area contributed by atoms with Crippen molar-refractivity contribution < 1.29 is 14.3 Å². The first-order valence-electron chi connectivity index (χ1n) is 8.20. The van der Waals surface area contributed by atoms with E-state index in [-0.39, 0.29) is 18.4 Å². The molecule has 1 amide bonds. The Morgan fingerprint density at radius 3 is 2.57 bits per heavy atom. The lowest BCUT2D eigenvalue weighted by Crippen LogP contribution is -2.46. The molecule has 5 heteroatoms.